The minimum absolute atomic E-state index is 0.0180. The van der Waals surface area contributed by atoms with Gasteiger partial charge in [-0.25, -0.2) is 4.79 Å². The molecule has 1 atom stereocenters. The molecule has 1 aromatic rings. The Morgan fingerprint density at radius 1 is 1.38 bits per heavy atom. The maximum absolute atomic E-state index is 12.2. The van der Waals surface area contributed by atoms with Crippen LogP contribution in [-0.2, 0) is 16.0 Å². The summed E-state index contributed by atoms with van der Waals surface area (Å²) in [5.41, 5.74) is 1.37. The quantitative estimate of drug-likeness (QED) is 0.889. The molecule has 1 heterocycles. The van der Waals surface area contributed by atoms with Crippen molar-refractivity contribution in [1.82, 2.24) is 4.90 Å². The monoisotopic (exact) mass is 292 g/mol. The van der Waals surface area contributed by atoms with E-state index in [0.29, 0.717) is 17.8 Å². The number of piperidine rings is 1. The maximum atomic E-state index is 12.2. The fourth-order valence-corrected chi connectivity index (χ4v) is 2.40. The number of hydrogen-bond acceptors (Lipinski definition) is 3. The van der Waals surface area contributed by atoms with Gasteiger partial charge in [0.2, 0.25) is 0 Å². The molecule has 21 heavy (non-hydrogen) atoms. The van der Waals surface area contributed by atoms with E-state index in [1.807, 2.05) is 0 Å². The molecule has 0 bridgehead atoms. The van der Waals surface area contributed by atoms with Crippen LogP contribution < -0.4 is 5.32 Å². The number of rotatable bonds is 4. The van der Waals surface area contributed by atoms with Crippen LogP contribution in [0.5, 0.6) is 0 Å². The maximum Gasteiger partial charge on any atom is 0.321 e. The van der Waals surface area contributed by atoms with Crippen LogP contribution in [0, 0.1) is 0 Å². The number of nitrogens with zero attached hydrogens (tertiary/aromatic N) is 1. The average Bonchev–Trinajstić information content (AvgIpc) is 2.49. The van der Waals surface area contributed by atoms with Crippen molar-refractivity contribution in [3.8, 4) is 0 Å². The molecule has 1 aliphatic rings. The average molecular weight is 292 g/mol. The SMILES string of the molecule is COC1CCCN(C(=O)Nc2ccc(CC(=O)O)cc2)C1. The van der Waals surface area contributed by atoms with Gasteiger partial charge in [0.05, 0.1) is 12.5 Å². The van der Waals surface area contributed by atoms with E-state index in [-0.39, 0.29) is 18.6 Å². The Kier molecular flexibility index (Phi) is 5.16. The summed E-state index contributed by atoms with van der Waals surface area (Å²) in [7, 11) is 1.66. The number of methoxy groups -OCH3 is 1. The number of benzene rings is 1. The second kappa shape index (κ2) is 7.08. The fraction of sp³-hybridized carbons (Fsp3) is 0.467. The van der Waals surface area contributed by atoms with Gasteiger partial charge >= 0.3 is 12.0 Å². The lowest BCUT2D eigenvalue weighted by Crippen LogP contribution is -2.44. The first kappa shape index (κ1) is 15.3. The lowest BCUT2D eigenvalue weighted by molar-refractivity contribution is -0.136. The molecule has 1 unspecified atom stereocenters. The normalized spacial score (nSPS) is 18.3. The molecule has 0 aliphatic carbocycles. The number of hydrogen-bond donors (Lipinski definition) is 2. The molecule has 0 saturated carbocycles. The Hall–Kier alpha value is -2.08. The predicted molar refractivity (Wildman–Crippen MR) is 78.4 cm³/mol. The highest BCUT2D eigenvalue weighted by molar-refractivity contribution is 5.89. The summed E-state index contributed by atoms with van der Waals surface area (Å²) < 4.78 is 5.30. The zero-order valence-corrected chi connectivity index (χ0v) is 12.0. The third-order valence-corrected chi connectivity index (χ3v) is 3.56. The summed E-state index contributed by atoms with van der Waals surface area (Å²) in [6.07, 6.45) is 1.99. The highest BCUT2D eigenvalue weighted by Crippen LogP contribution is 2.15. The first-order valence-corrected chi connectivity index (χ1v) is 6.98. The van der Waals surface area contributed by atoms with Gasteiger partial charge in [-0.05, 0) is 30.5 Å². The molecule has 114 valence electrons. The summed E-state index contributed by atoms with van der Waals surface area (Å²) in [5.74, 6) is -0.870. The molecule has 1 fully saturated rings. The topological polar surface area (TPSA) is 78.9 Å². The van der Waals surface area contributed by atoms with Gasteiger partial charge in [-0.3, -0.25) is 4.79 Å². The van der Waals surface area contributed by atoms with Gasteiger partial charge in [-0.15, -0.1) is 0 Å². The van der Waals surface area contributed by atoms with Crippen molar-refractivity contribution in [2.24, 2.45) is 0 Å². The smallest absolute Gasteiger partial charge is 0.321 e. The van der Waals surface area contributed by atoms with Gasteiger partial charge in [-0.2, -0.15) is 0 Å². The van der Waals surface area contributed by atoms with Crippen molar-refractivity contribution in [3.63, 3.8) is 0 Å². The number of carboxylic acids is 1. The molecule has 1 aliphatic heterocycles. The molecule has 6 heteroatoms. The number of likely N-dealkylation sites (tertiary alicyclic amines) is 1. The zero-order valence-electron chi connectivity index (χ0n) is 12.0. The second-order valence-corrected chi connectivity index (χ2v) is 5.14. The van der Waals surface area contributed by atoms with Crippen molar-refractivity contribution in [1.29, 1.82) is 0 Å². The Morgan fingerprint density at radius 2 is 2.10 bits per heavy atom. The lowest BCUT2D eigenvalue weighted by Gasteiger charge is -2.31. The van der Waals surface area contributed by atoms with Crippen LogP contribution in [0.4, 0.5) is 10.5 Å². The Morgan fingerprint density at radius 3 is 2.71 bits per heavy atom. The summed E-state index contributed by atoms with van der Waals surface area (Å²) >= 11 is 0. The first-order chi connectivity index (χ1) is 10.1. The van der Waals surface area contributed by atoms with E-state index < -0.39 is 5.97 Å². The highest BCUT2D eigenvalue weighted by Gasteiger charge is 2.23. The van der Waals surface area contributed by atoms with Crippen LogP contribution >= 0.6 is 0 Å². The molecule has 0 spiro atoms. The standard InChI is InChI=1S/C15H20N2O4/c1-21-13-3-2-8-17(10-13)15(20)16-12-6-4-11(5-7-12)9-14(18)19/h4-7,13H,2-3,8-10H2,1H3,(H,16,20)(H,18,19). The van der Waals surface area contributed by atoms with Gasteiger partial charge in [0.25, 0.3) is 0 Å². The number of carboxylic acid groups (broad SMARTS) is 1. The summed E-state index contributed by atoms with van der Waals surface area (Å²) in [4.78, 5) is 24.5. The third-order valence-electron chi connectivity index (χ3n) is 3.56. The minimum Gasteiger partial charge on any atom is -0.481 e. The van der Waals surface area contributed by atoms with E-state index in [0.717, 1.165) is 19.4 Å². The van der Waals surface area contributed by atoms with E-state index in [1.165, 1.54) is 0 Å². The Balaban J connectivity index is 1.91. The van der Waals surface area contributed by atoms with Crippen LogP contribution in [0.2, 0.25) is 0 Å². The molecule has 1 saturated heterocycles. The van der Waals surface area contributed by atoms with Gasteiger partial charge in [0.1, 0.15) is 0 Å². The molecule has 6 nitrogen and oxygen atoms in total. The largest absolute Gasteiger partial charge is 0.481 e. The summed E-state index contributed by atoms with van der Waals surface area (Å²) in [6, 6.07) is 6.69. The number of carbonyl (C=O) groups excluding carboxylic acids is 1. The van der Waals surface area contributed by atoms with Crippen LogP contribution in [0.1, 0.15) is 18.4 Å². The van der Waals surface area contributed by atoms with E-state index in [2.05, 4.69) is 5.32 Å². The van der Waals surface area contributed by atoms with E-state index in [1.54, 1.807) is 36.3 Å². The van der Waals surface area contributed by atoms with E-state index >= 15 is 0 Å². The highest BCUT2D eigenvalue weighted by atomic mass is 16.5. The zero-order chi connectivity index (χ0) is 15.2. The molecule has 0 aromatic heterocycles. The molecule has 1 aromatic carbocycles. The van der Waals surface area contributed by atoms with Crippen molar-refractivity contribution in [2.45, 2.75) is 25.4 Å². The first-order valence-electron chi connectivity index (χ1n) is 6.98. The molecule has 0 radical (unpaired) electrons. The van der Waals surface area contributed by atoms with E-state index in [4.69, 9.17) is 9.84 Å². The molecule has 2 amide bonds. The number of nitrogens with one attached hydrogen (secondary N) is 1. The summed E-state index contributed by atoms with van der Waals surface area (Å²) in [6.45, 7) is 1.32. The second-order valence-electron chi connectivity index (χ2n) is 5.14. The van der Waals surface area contributed by atoms with Crippen molar-refractivity contribution in [2.75, 3.05) is 25.5 Å². The number of carbonyl (C=O) groups is 2. The summed E-state index contributed by atoms with van der Waals surface area (Å²) in [5, 5.41) is 11.5. The third kappa shape index (κ3) is 4.46. The van der Waals surface area contributed by atoms with Crippen LogP contribution in [0.15, 0.2) is 24.3 Å². The van der Waals surface area contributed by atoms with Gasteiger partial charge in [0.15, 0.2) is 0 Å². The minimum atomic E-state index is -0.870. The molecule has 2 rings (SSSR count). The Labute approximate surface area is 123 Å². The predicted octanol–water partition coefficient (Wildman–Crippen LogP) is 1.96. The van der Waals surface area contributed by atoms with Crippen molar-refractivity contribution in [3.05, 3.63) is 29.8 Å². The van der Waals surface area contributed by atoms with Gasteiger partial charge < -0.3 is 20.1 Å². The van der Waals surface area contributed by atoms with Gasteiger partial charge in [-0.1, -0.05) is 12.1 Å². The Bertz CT molecular complexity index is 501. The van der Waals surface area contributed by atoms with Crippen molar-refractivity contribution < 1.29 is 19.4 Å². The number of ether oxygens (including phenoxy) is 1. The number of amides is 2. The fourth-order valence-electron chi connectivity index (χ4n) is 2.40. The van der Waals surface area contributed by atoms with Crippen LogP contribution in [0.3, 0.4) is 0 Å². The van der Waals surface area contributed by atoms with E-state index in [9.17, 15) is 9.59 Å². The van der Waals surface area contributed by atoms with Gasteiger partial charge in [0, 0.05) is 25.9 Å². The lowest BCUT2D eigenvalue weighted by atomic mass is 10.1. The molecular weight excluding hydrogens is 272 g/mol. The van der Waals surface area contributed by atoms with Crippen LogP contribution in [0.25, 0.3) is 0 Å². The van der Waals surface area contributed by atoms with Crippen molar-refractivity contribution >= 4 is 17.7 Å². The number of aliphatic carboxylic acids is 1. The molecule has 2 N–H and O–H groups in total. The molecular formula is C15H20N2O4. The van der Waals surface area contributed by atoms with Crippen LogP contribution in [-0.4, -0.2) is 48.3 Å². The number of urea groups is 1. The number of anilines is 1.